The highest BCUT2D eigenvalue weighted by Crippen LogP contribution is 2.42. The first-order valence-corrected chi connectivity index (χ1v) is 8.27. The number of aliphatic imine (C=N–C) groups is 1. The second-order valence-corrected chi connectivity index (χ2v) is 5.74. The van der Waals surface area contributed by atoms with Crippen molar-refractivity contribution in [2.75, 3.05) is 7.11 Å². The maximum Gasteiger partial charge on any atom is 0.238 e. The number of aromatic hydroxyl groups is 1. The third kappa shape index (κ3) is 3.04. The van der Waals surface area contributed by atoms with Gasteiger partial charge in [-0.2, -0.15) is 5.26 Å². The van der Waals surface area contributed by atoms with Crippen molar-refractivity contribution in [2.24, 2.45) is 4.99 Å². The van der Waals surface area contributed by atoms with Gasteiger partial charge in [0.2, 0.25) is 5.88 Å². The lowest BCUT2D eigenvalue weighted by atomic mass is 10.1. The van der Waals surface area contributed by atoms with E-state index in [2.05, 4.69) is 11.1 Å². The molecule has 7 heteroatoms. The molecule has 138 valence electrons. The molecule has 1 N–H and O–H groups in total. The molecular formula is C21H14N2O5. The van der Waals surface area contributed by atoms with Gasteiger partial charge < -0.3 is 23.1 Å². The van der Waals surface area contributed by atoms with E-state index in [1.54, 1.807) is 36.4 Å². The number of ether oxygens (including phenoxy) is 1. The summed E-state index contributed by atoms with van der Waals surface area (Å²) in [6.07, 6.45) is 4.41. The second-order valence-electron chi connectivity index (χ2n) is 5.74. The zero-order valence-electron chi connectivity index (χ0n) is 14.7. The van der Waals surface area contributed by atoms with Gasteiger partial charge in [0, 0.05) is 11.8 Å². The second kappa shape index (κ2) is 7.21. The summed E-state index contributed by atoms with van der Waals surface area (Å²) < 4.78 is 21.9. The van der Waals surface area contributed by atoms with Gasteiger partial charge in [0.1, 0.15) is 28.9 Å². The van der Waals surface area contributed by atoms with Crippen molar-refractivity contribution in [3.8, 4) is 40.4 Å². The highest BCUT2D eigenvalue weighted by Gasteiger charge is 2.26. The predicted molar refractivity (Wildman–Crippen MR) is 101 cm³/mol. The Morgan fingerprint density at radius 1 is 1.11 bits per heavy atom. The van der Waals surface area contributed by atoms with E-state index in [4.69, 9.17) is 18.0 Å². The summed E-state index contributed by atoms with van der Waals surface area (Å²) in [6.45, 7) is 0. The van der Waals surface area contributed by atoms with Gasteiger partial charge >= 0.3 is 0 Å². The van der Waals surface area contributed by atoms with E-state index in [9.17, 15) is 10.4 Å². The smallest absolute Gasteiger partial charge is 0.238 e. The van der Waals surface area contributed by atoms with Crippen LogP contribution in [0.3, 0.4) is 0 Å². The maximum absolute atomic E-state index is 10.0. The minimum absolute atomic E-state index is 0.0205. The van der Waals surface area contributed by atoms with Crippen LogP contribution in [0.2, 0.25) is 0 Å². The van der Waals surface area contributed by atoms with Gasteiger partial charge in [-0.25, -0.2) is 4.99 Å². The Bertz CT molecular complexity index is 1160. The van der Waals surface area contributed by atoms with Gasteiger partial charge in [0.15, 0.2) is 11.5 Å². The van der Waals surface area contributed by atoms with Crippen LogP contribution in [-0.4, -0.2) is 18.4 Å². The number of hydrogen-bond acceptors (Lipinski definition) is 7. The lowest BCUT2D eigenvalue weighted by molar-refractivity contribution is 0.412. The summed E-state index contributed by atoms with van der Waals surface area (Å²) >= 11 is 0. The van der Waals surface area contributed by atoms with E-state index in [0.29, 0.717) is 34.2 Å². The monoisotopic (exact) mass is 374 g/mol. The van der Waals surface area contributed by atoms with Crippen LogP contribution in [-0.2, 0) is 0 Å². The highest BCUT2D eigenvalue weighted by atomic mass is 16.5. The van der Waals surface area contributed by atoms with Crippen molar-refractivity contribution in [1.82, 2.24) is 0 Å². The molecule has 0 radical (unpaired) electrons. The van der Waals surface area contributed by atoms with Gasteiger partial charge in [-0.05, 0) is 42.5 Å². The molecule has 0 spiro atoms. The molecule has 1 aromatic carbocycles. The van der Waals surface area contributed by atoms with Crippen molar-refractivity contribution in [1.29, 1.82) is 5.26 Å². The number of hydrogen-bond donors (Lipinski definition) is 1. The summed E-state index contributed by atoms with van der Waals surface area (Å²) in [5.74, 6) is 1.88. The number of methoxy groups -OCH3 is 1. The fourth-order valence-corrected chi connectivity index (χ4v) is 2.74. The van der Waals surface area contributed by atoms with Crippen LogP contribution in [0.5, 0.6) is 11.5 Å². The summed E-state index contributed by atoms with van der Waals surface area (Å²) in [5, 5.41) is 19.7. The Morgan fingerprint density at radius 3 is 2.50 bits per heavy atom. The fourth-order valence-electron chi connectivity index (χ4n) is 2.74. The Balaban J connectivity index is 1.85. The molecule has 0 aliphatic rings. The summed E-state index contributed by atoms with van der Waals surface area (Å²) in [7, 11) is 1.53. The molecule has 0 atom stereocenters. The zero-order valence-corrected chi connectivity index (χ0v) is 14.7. The van der Waals surface area contributed by atoms with Crippen LogP contribution < -0.4 is 4.74 Å². The third-order valence-electron chi connectivity index (χ3n) is 4.07. The summed E-state index contributed by atoms with van der Waals surface area (Å²) in [4.78, 5) is 4.27. The highest BCUT2D eigenvalue weighted by molar-refractivity contribution is 5.89. The fraction of sp³-hybridized carbons (Fsp3) is 0.0476. The zero-order chi connectivity index (χ0) is 19.5. The maximum atomic E-state index is 10.0. The topological polar surface area (TPSA) is 105 Å². The molecule has 0 unspecified atom stereocenters. The lowest BCUT2D eigenvalue weighted by Gasteiger charge is -2.02. The Morgan fingerprint density at radius 2 is 1.86 bits per heavy atom. The van der Waals surface area contributed by atoms with E-state index in [1.165, 1.54) is 31.9 Å². The average Bonchev–Trinajstić information content (AvgIpc) is 3.46. The third-order valence-corrected chi connectivity index (χ3v) is 4.07. The Kier molecular flexibility index (Phi) is 4.44. The molecule has 3 heterocycles. The van der Waals surface area contributed by atoms with Crippen LogP contribution >= 0.6 is 0 Å². The summed E-state index contributed by atoms with van der Waals surface area (Å²) in [6, 6.07) is 13.7. The van der Waals surface area contributed by atoms with Crippen molar-refractivity contribution in [3.05, 3.63) is 66.1 Å². The van der Waals surface area contributed by atoms with E-state index < -0.39 is 0 Å². The molecule has 4 rings (SSSR count). The molecule has 0 aliphatic heterocycles. The first-order valence-electron chi connectivity index (χ1n) is 8.27. The van der Waals surface area contributed by atoms with E-state index >= 15 is 0 Å². The molecule has 28 heavy (non-hydrogen) atoms. The molecule has 0 bridgehead atoms. The molecule has 0 saturated heterocycles. The normalized spacial score (nSPS) is 11.0. The number of benzene rings is 1. The summed E-state index contributed by atoms with van der Waals surface area (Å²) in [5.41, 5.74) is 1.06. The van der Waals surface area contributed by atoms with Gasteiger partial charge in [0.25, 0.3) is 0 Å². The van der Waals surface area contributed by atoms with Crippen LogP contribution in [0.25, 0.3) is 22.8 Å². The quantitative estimate of drug-likeness (QED) is 0.485. The number of nitriles is 1. The predicted octanol–water partition coefficient (Wildman–Crippen LogP) is 5.14. The molecule has 0 saturated carbocycles. The van der Waals surface area contributed by atoms with E-state index in [0.717, 1.165) is 0 Å². The first kappa shape index (κ1) is 17.2. The van der Waals surface area contributed by atoms with E-state index in [1.807, 2.05) is 0 Å². The van der Waals surface area contributed by atoms with Gasteiger partial charge in [-0.1, -0.05) is 0 Å². The van der Waals surface area contributed by atoms with Crippen molar-refractivity contribution in [3.63, 3.8) is 0 Å². The standard InChI is InChI=1S/C21H14N2O5/c1-25-14-6-7-16(24)13(10-14)12-23-21-15(11-22)19(17-4-2-8-26-17)20(28-21)18-5-3-9-27-18/h2-10,12,24H,1H3. The molecule has 7 nitrogen and oxygen atoms in total. The first-order chi connectivity index (χ1) is 13.7. The van der Waals surface area contributed by atoms with Crippen LogP contribution in [0, 0.1) is 11.3 Å². The molecule has 0 aliphatic carbocycles. The number of phenols is 1. The van der Waals surface area contributed by atoms with Crippen LogP contribution in [0.1, 0.15) is 11.1 Å². The number of phenolic OH excluding ortho intramolecular Hbond substituents is 1. The van der Waals surface area contributed by atoms with Crippen molar-refractivity contribution in [2.45, 2.75) is 0 Å². The number of rotatable bonds is 5. The lowest BCUT2D eigenvalue weighted by Crippen LogP contribution is -1.87. The molecular weight excluding hydrogens is 360 g/mol. The molecule has 4 aromatic rings. The van der Waals surface area contributed by atoms with Crippen LogP contribution in [0.15, 0.2) is 73.2 Å². The van der Waals surface area contributed by atoms with Crippen molar-refractivity contribution >= 4 is 12.1 Å². The number of furan rings is 3. The van der Waals surface area contributed by atoms with Crippen molar-refractivity contribution < 1.29 is 23.1 Å². The molecule has 3 aromatic heterocycles. The van der Waals surface area contributed by atoms with E-state index in [-0.39, 0.29) is 17.2 Å². The average molecular weight is 374 g/mol. The minimum atomic E-state index is 0.0205. The Labute approximate surface area is 159 Å². The largest absolute Gasteiger partial charge is 0.507 e. The SMILES string of the molecule is COc1ccc(O)c(C=Nc2oc(-c3ccco3)c(-c3ccco3)c2C#N)c1. The van der Waals surface area contributed by atoms with Gasteiger partial charge in [0.05, 0.1) is 25.2 Å². The molecule has 0 fully saturated rings. The minimum Gasteiger partial charge on any atom is -0.507 e. The Hall–Kier alpha value is -4.18. The molecule has 0 amide bonds. The van der Waals surface area contributed by atoms with Crippen LogP contribution in [0.4, 0.5) is 5.88 Å². The van der Waals surface area contributed by atoms with Gasteiger partial charge in [-0.3, -0.25) is 0 Å². The number of nitrogens with zero attached hydrogens (tertiary/aromatic N) is 2. The van der Waals surface area contributed by atoms with Gasteiger partial charge in [-0.15, -0.1) is 0 Å².